The second-order valence-corrected chi connectivity index (χ2v) is 7.48. The van der Waals surface area contributed by atoms with Crippen molar-refractivity contribution < 1.29 is 19.5 Å². The molecule has 2 amide bonds. The molecule has 0 aromatic rings. The largest absolute Gasteiger partial charge is 0.481 e. The molecule has 0 aliphatic carbocycles. The number of carboxylic acids is 1. The van der Waals surface area contributed by atoms with Gasteiger partial charge in [0.1, 0.15) is 0 Å². The Morgan fingerprint density at radius 1 is 1.04 bits per heavy atom. The van der Waals surface area contributed by atoms with Crippen LogP contribution in [-0.2, 0) is 14.4 Å². The van der Waals surface area contributed by atoms with Gasteiger partial charge in [0.05, 0.1) is 0 Å². The van der Waals surface area contributed by atoms with Crippen molar-refractivity contribution in [3.63, 3.8) is 0 Å². The van der Waals surface area contributed by atoms with Gasteiger partial charge in [-0.1, -0.05) is 13.8 Å². The molecule has 2 heterocycles. The topological polar surface area (TPSA) is 77.9 Å². The van der Waals surface area contributed by atoms with Gasteiger partial charge in [-0.2, -0.15) is 0 Å². The zero-order valence-electron chi connectivity index (χ0n) is 14.9. The van der Waals surface area contributed by atoms with Crippen LogP contribution in [0.1, 0.15) is 52.4 Å². The molecule has 2 aliphatic rings. The molecular formula is C18H30N2O4. The van der Waals surface area contributed by atoms with Crippen LogP contribution >= 0.6 is 0 Å². The van der Waals surface area contributed by atoms with Gasteiger partial charge in [0.25, 0.3) is 0 Å². The van der Waals surface area contributed by atoms with Crippen LogP contribution in [0.15, 0.2) is 0 Å². The van der Waals surface area contributed by atoms with Gasteiger partial charge in [0.15, 0.2) is 0 Å². The van der Waals surface area contributed by atoms with Crippen LogP contribution < -0.4 is 0 Å². The molecule has 2 aliphatic heterocycles. The minimum absolute atomic E-state index is 0.00865. The number of hydrogen-bond acceptors (Lipinski definition) is 3. The highest BCUT2D eigenvalue weighted by atomic mass is 16.4. The number of piperidine rings is 2. The number of likely N-dealkylation sites (tertiary alicyclic amines) is 2. The van der Waals surface area contributed by atoms with Crippen molar-refractivity contribution in [3.05, 3.63) is 0 Å². The third-order valence-corrected chi connectivity index (χ3v) is 5.25. The second-order valence-electron chi connectivity index (χ2n) is 7.48. The van der Waals surface area contributed by atoms with Crippen LogP contribution in [0, 0.1) is 17.8 Å². The van der Waals surface area contributed by atoms with Crippen LogP contribution in [-0.4, -0.2) is 58.9 Å². The van der Waals surface area contributed by atoms with Gasteiger partial charge < -0.3 is 14.9 Å². The van der Waals surface area contributed by atoms with E-state index in [1.165, 1.54) is 0 Å². The SMILES string of the molecule is CC(C)C(=O)N1CCC(C(=O)N2CCCC(CCC(=O)O)C2)CC1. The van der Waals surface area contributed by atoms with Crippen LogP contribution in [0.3, 0.4) is 0 Å². The minimum Gasteiger partial charge on any atom is -0.481 e. The predicted octanol–water partition coefficient (Wildman–Crippen LogP) is 1.98. The van der Waals surface area contributed by atoms with Gasteiger partial charge in [-0.15, -0.1) is 0 Å². The molecule has 0 bridgehead atoms. The van der Waals surface area contributed by atoms with Crippen molar-refractivity contribution in [2.24, 2.45) is 17.8 Å². The first-order valence-electron chi connectivity index (χ1n) is 9.17. The Labute approximate surface area is 144 Å². The average Bonchev–Trinajstić information content (AvgIpc) is 2.59. The Balaban J connectivity index is 1.81. The summed E-state index contributed by atoms with van der Waals surface area (Å²) in [4.78, 5) is 39.3. The molecule has 1 unspecified atom stereocenters. The first kappa shape index (κ1) is 18.7. The van der Waals surface area contributed by atoms with Crippen LogP contribution in [0.5, 0.6) is 0 Å². The summed E-state index contributed by atoms with van der Waals surface area (Å²) in [5.74, 6) is -0.0601. The molecule has 24 heavy (non-hydrogen) atoms. The van der Waals surface area contributed by atoms with E-state index in [1.807, 2.05) is 23.6 Å². The Morgan fingerprint density at radius 2 is 1.71 bits per heavy atom. The van der Waals surface area contributed by atoms with Crippen molar-refractivity contribution in [1.29, 1.82) is 0 Å². The fourth-order valence-electron chi connectivity index (χ4n) is 3.80. The Morgan fingerprint density at radius 3 is 2.29 bits per heavy atom. The highest BCUT2D eigenvalue weighted by molar-refractivity contribution is 5.81. The molecule has 1 atom stereocenters. The summed E-state index contributed by atoms with van der Waals surface area (Å²) in [7, 11) is 0. The lowest BCUT2D eigenvalue weighted by Crippen LogP contribution is -2.47. The highest BCUT2D eigenvalue weighted by Gasteiger charge is 2.32. The van der Waals surface area contributed by atoms with Gasteiger partial charge in [-0.05, 0) is 38.0 Å². The summed E-state index contributed by atoms with van der Waals surface area (Å²) >= 11 is 0. The van der Waals surface area contributed by atoms with Crippen LogP contribution in [0.4, 0.5) is 0 Å². The normalized spacial score (nSPS) is 22.7. The summed E-state index contributed by atoms with van der Waals surface area (Å²) in [5.41, 5.74) is 0. The Bertz CT molecular complexity index is 470. The molecule has 0 radical (unpaired) electrons. The number of aliphatic carboxylic acids is 1. The van der Waals surface area contributed by atoms with E-state index < -0.39 is 5.97 Å². The van der Waals surface area contributed by atoms with Crippen molar-refractivity contribution >= 4 is 17.8 Å². The lowest BCUT2D eigenvalue weighted by Gasteiger charge is -2.38. The molecule has 2 saturated heterocycles. The molecule has 1 N–H and O–H groups in total. The molecule has 6 nitrogen and oxygen atoms in total. The molecule has 2 fully saturated rings. The number of carboxylic acid groups (broad SMARTS) is 1. The Kier molecular flexibility index (Phi) is 6.63. The summed E-state index contributed by atoms with van der Waals surface area (Å²) < 4.78 is 0. The average molecular weight is 338 g/mol. The molecule has 0 saturated carbocycles. The number of carbonyl (C=O) groups excluding carboxylic acids is 2. The van der Waals surface area contributed by atoms with Gasteiger partial charge >= 0.3 is 5.97 Å². The van der Waals surface area contributed by atoms with E-state index in [0.29, 0.717) is 32.0 Å². The first-order chi connectivity index (χ1) is 11.4. The fraction of sp³-hybridized carbons (Fsp3) is 0.833. The van der Waals surface area contributed by atoms with Gasteiger partial charge in [0.2, 0.25) is 11.8 Å². The fourth-order valence-corrected chi connectivity index (χ4v) is 3.80. The minimum atomic E-state index is -0.763. The van der Waals surface area contributed by atoms with Gasteiger partial charge in [0, 0.05) is 44.4 Å². The predicted molar refractivity (Wildman–Crippen MR) is 90.3 cm³/mol. The molecule has 2 rings (SSSR count). The summed E-state index contributed by atoms with van der Waals surface area (Å²) in [5, 5.41) is 8.82. The quantitative estimate of drug-likeness (QED) is 0.831. The zero-order valence-corrected chi connectivity index (χ0v) is 14.9. The molecular weight excluding hydrogens is 308 g/mol. The molecule has 0 spiro atoms. The molecule has 0 aromatic carbocycles. The van der Waals surface area contributed by atoms with E-state index in [1.54, 1.807) is 0 Å². The maximum atomic E-state index is 12.8. The maximum Gasteiger partial charge on any atom is 0.303 e. The monoisotopic (exact) mass is 338 g/mol. The van der Waals surface area contributed by atoms with Crippen molar-refractivity contribution in [3.8, 4) is 0 Å². The van der Waals surface area contributed by atoms with Gasteiger partial charge in [-0.25, -0.2) is 0 Å². The van der Waals surface area contributed by atoms with E-state index >= 15 is 0 Å². The Hall–Kier alpha value is -1.59. The van der Waals surface area contributed by atoms with E-state index in [9.17, 15) is 14.4 Å². The summed E-state index contributed by atoms with van der Waals surface area (Å²) in [6.45, 7) is 6.63. The highest BCUT2D eigenvalue weighted by Crippen LogP contribution is 2.26. The van der Waals surface area contributed by atoms with Crippen molar-refractivity contribution in [1.82, 2.24) is 9.80 Å². The third kappa shape index (κ3) is 4.95. The number of carbonyl (C=O) groups is 3. The molecule has 6 heteroatoms. The van der Waals surface area contributed by atoms with Crippen molar-refractivity contribution in [2.45, 2.75) is 52.4 Å². The molecule has 0 aromatic heterocycles. The third-order valence-electron chi connectivity index (χ3n) is 5.25. The second kappa shape index (κ2) is 8.49. The van der Waals surface area contributed by atoms with E-state index in [-0.39, 0.29) is 30.1 Å². The van der Waals surface area contributed by atoms with Crippen LogP contribution in [0.2, 0.25) is 0 Å². The maximum absolute atomic E-state index is 12.8. The standard InChI is InChI=1S/C18H30N2O4/c1-13(2)17(23)19-10-7-15(8-11-19)18(24)20-9-3-4-14(12-20)5-6-16(21)22/h13-15H,3-12H2,1-2H3,(H,21,22). The smallest absolute Gasteiger partial charge is 0.303 e. The summed E-state index contributed by atoms with van der Waals surface area (Å²) in [6, 6.07) is 0. The lowest BCUT2D eigenvalue weighted by atomic mass is 9.90. The number of hydrogen-bond donors (Lipinski definition) is 1. The number of amides is 2. The van der Waals surface area contributed by atoms with E-state index in [4.69, 9.17) is 5.11 Å². The first-order valence-corrected chi connectivity index (χ1v) is 9.17. The number of rotatable bonds is 5. The van der Waals surface area contributed by atoms with E-state index in [0.717, 1.165) is 32.2 Å². The molecule has 136 valence electrons. The van der Waals surface area contributed by atoms with Crippen LogP contribution in [0.25, 0.3) is 0 Å². The zero-order chi connectivity index (χ0) is 17.7. The lowest BCUT2D eigenvalue weighted by molar-refractivity contribution is -0.143. The summed E-state index contributed by atoms with van der Waals surface area (Å²) in [6.07, 6.45) is 4.29. The van der Waals surface area contributed by atoms with Gasteiger partial charge in [-0.3, -0.25) is 14.4 Å². The van der Waals surface area contributed by atoms with E-state index in [2.05, 4.69) is 0 Å². The number of nitrogens with zero attached hydrogens (tertiary/aromatic N) is 2. The van der Waals surface area contributed by atoms with Crippen molar-refractivity contribution in [2.75, 3.05) is 26.2 Å².